The van der Waals surface area contributed by atoms with Crippen LogP contribution in [0.15, 0.2) is 54.7 Å². The van der Waals surface area contributed by atoms with E-state index in [1.165, 1.54) is 0 Å². The molecule has 0 N–H and O–H groups in total. The van der Waals surface area contributed by atoms with Crippen LogP contribution in [0.3, 0.4) is 0 Å². The van der Waals surface area contributed by atoms with Crippen LogP contribution in [0.2, 0.25) is 0 Å². The minimum atomic E-state index is 0.289. The highest BCUT2D eigenvalue weighted by Gasteiger charge is 2.34. The maximum absolute atomic E-state index is 9.49. The van der Waals surface area contributed by atoms with Gasteiger partial charge >= 0.3 is 0 Å². The minimum absolute atomic E-state index is 0.289. The van der Waals surface area contributed by atoms with Crippen LogP contribution in [0.5, 0.6) is 0 Å². The average molecular weight is 326 g/mol. The van der Waals surface area contributed by atoms with Gasteiger partial charge in [-0.1, -0.05) is 24.3 Å². The van der Waals surface area contributed by atoms with Gasteiger partial charge in [0.05, 0.1) is 17.0 Å². The highest BCUT2D eigenvalue weighted by atomic mass is 15.3. The average Bonchev–Trinajstić information content (AvgIpc) is 3.04. The summed E-state index contributed by atoms with van der Waals surface area (Å²) in [5, 5.41) is 19.0. The molecule has 1 saturated heterocycles. The second-order valence-corrected chi connectivity index (χ2v) is 6.25. The monoisotopic (exact) mass is 326 g/mol. The van der Waals surface area contributed by atoms with Gasteiger partial charge in [0.25, 0.3) is 0 Å². The predicted octanol–water partition coefficient (Wildman–Crippen LogP) is 2.75. The smallest absolute Gasteiger partial charge is 0.160 e. The van der Waals surface area contributed by atoms with Crippen LogP contribution < -0.4 is 4.90 Å². The Morgan fingerprint density at radius 1 is 1.04 bits per heavy atom. The van der Waals surface area contributed by atoms with Crippen molar-refractivity contribution in [1.82, 2.24) is 19.6 Å². The van der Waals surface area contributed by atoms with Crippen LogP contribution in [0.4, 0.5) is 5.82 Å². The van der Waals surface area contributed by atoms with Crippen LogP contribution in [-0.4, -0.2) is 32.7 Å². The van der Waals surface area contributed by atoms with Gasteiger partial charge in [0.15, 0.2) is 5.65 Å². The van der Waals surface area contributed by atoms with Gasteiger partial charge in [0, 0.05) is 24.7 Å². The molecule has 1 aliphatic heterocycles. The summed E-state index contributed by atoms with van der Waals surface area (Å²) >= 11 is 0. The third kappa shape index (κ3) is 2.13. The Kier molecular flexibility index (Phi) is 2.94. The molecule has 1 aromatic carbocycles. The second kappa shape index (κ2) is 5.28. The Hall–Kier alpha value is -3.46. The molecule has 120 valence electrons. The topological polar surface area (TPSA) is 70.1 Å². The molecule has 25 heavy (non-hydrogen) atoms. The maximum Gasteiger partial charge on any atom is 0.160 e. The Labute approximate surface area is 144 Å². The number of para-hydroxylation sites is 1. The van der Waals surface area contributed by atoms with Crippen LogP contribution in [-0.2, 0) is 0 Å². The van der Waals surface area contributed by atoms with Crippen molar-refractivity contribution in [2.45, 2.75) is 5.92 Å². The summed E-state index contributed by atoms with van der Waals surface area (Å²) < 4.78 is 2.03. The molecule has 0 amide bonds. The fraction of sp³-hybridized carbons (Fsp3) is 0.158. The Balaban J connectivity index is 1.47. The largest absolute Gasteiger partial charge is 0.354 e. The Morgan fingerprint density at radius 3 is 2.76 bits per heavy atom. The number of nitriles is 1. The summed E-state index contributed by atoms with van der Waals surface area (Å²) in [4.78, 5) is 6.85. The van der Waals surface area contributed by atoms with E-state index in [0.29, 0.717) is 5.56 Å². The van der Waals surface area contributed by atoms with Crippen molar-refractivity contribution in [2.24, 2.45) is 0 Å². The number of fused-ring (bicyclic) bond motifs is 2. The molecule has 0 saturated carbocycles. The van der Waals surface area contributed by atoms with E-state index in [9.17, 15) is 5.26 Å². The molecular formula is C19H14N6. The Bertz CT molecular complexity index is 1130. The zero-order valence-electron chi connectivity index (χ0n) is 13.4. The van der Waals surface area contributed by atoms with E-state index in [0.717, 1.165) is 41.3 Å². The number of anilines is 1. The lowest BCUT2D eigenvalue weighted by atomic mass is 9.98. The van der Waals surface area contributed by atoms with Crippen molar-refractivity contribution in [2.75, 3.05) is 18.0 Å². The molecule has 1 fully saturated rings. The zero-order chi connectivity index (χ0) is 16.8. The van der Waals surface area contributed by atoms with Gasteiger partial charge in [-0.15, -0.1) is 10.2 Å². The van der Waals surface area contributed by atoms with E-state index < -0.39 is 0 Å². The lowest BCUT2D eigenvalue weighted by molar-refractivity contribution is 0.493. The Morgan fingerprint density at radius 2 is 1.88 bits per heavy atom. The summed E-state index contributed by atoms with van der Waals surface area (Å²) in [6.45, 7) is 1.57. The van der Waals surface area contributed by atoms with Crippen LogP contribution >= 0.6 is 0 Å². The van der Waals surface area contributed by atoms with Crippen LogP contribution in [0.1, 0.15) is 17.3 Å². The quantitative estimate of drug-likeness (QED) is 0.566. The van der Waals surface area contributed by atoms with Crippen molar-refractivity contribution in [3.8, 4) is 6.07 Å². The van der Waals surface area contributed by atoms with Crippen LogP contribution in [0.25, 0.3) is 16.6 Å². The number of rotatable bonds is 2. The summed E-state index contributed by atoms with van der Waals surface area (Å²) in [6.07, 6.45) is 1.99. The van der Waals surface area contributed by atoms with Gasteiger partial charge in [-0.25, -0.2) is 4.98 Å². The molecule has 0 atom stereocenters. The first-order valence-corrected chi connectivity index (χ1v) is 8.18. The SMILES string of the molecule is N#Cc1cc2ccccc2nc1N1CC(c2nnc3ccccn23)C1. The number of pyridine rings is 2. The fourth-order valence-corrected chi connectivity index (χ4v) is 3.38. The van der Waals surface area contributed by atoms with Gasteiger partial charge < -0.3 is 4.90 Å². The van der Waals surface area contributed by atoms with E-state index in [4.69, 9.17) is 4.98 Å². The first-order chi connectivity index (χ1) is 12.3. The molecule has 6 nitrogen and oxygen atoms in total. The van der Waals surface area contributed by atoms with Crippen molar-refractivity contribution >= 4 is 22.4 Å². The van der Waals surface area contributed by atoms with Crippen LogP contribution in [0, 0.1) is 11.3 Å². The molecule has 5 rings (SSSR count). The standard InChI is InChI=1S/C19H14N6/c20-10-14-9-13-5-1-2-6-16(13)21-18(14)24-11-15(12-24)19-23-22-17-7-3-4-8-25(17)19/h1-9,15H,11-12H2. The fourth-order valence-electron chi connectivity index (χ4n) is 3.38. The number of benzene rings is 1. The molecule has 3 aromatic heterocycles. The van der Waals surface area contributed by atoms with Crippen molar-refractivity contribution < 1.29 is 0 Å². The summed E-state index contributed by atoms with van der Waals surface area (Å²) in [5.41, 5.74) is 2.38. The summed E-state index contributed by atoms with van der Waals surface area (Å²) in [7, 11) is 0. The van der Waals surface area contributed by atoms with E-state index in [1.54, 1.807) is 0 Å². The van der Waals surface area contributed by atoms with Gasteiger partial charge in [0.1, 0.15) is 17.7 Å². The van der Waals surface area contributed by atoms with Gasteiger partial charge in [0.2, 0.25) is 0 Å². The number of hydrogen-bond acceptors (Lipinski definition) is 5. The highest BCUT2D eigenvalue weighted by Crippen LogP contribution is 2.33. The molecule has 1 aliphatic rings. The second-order valence-electron chi connectivity index (χ2n) is 6.25. The molecule has 0 aliphatic carbocycles. The normalized spacial score (nSPS) is 14.6. The zero-order valence-corrected chi connectivity index (χ0v) is 13.4. The number of nitrogens with zero attached hydrogens (tertiary/aromatic N) is 6. The van der Waals surface area contributed by atoms with E-state index in [1.807, 2.05) is 59.1 Å². The maximum atomic E-state index is 9.49. The van der Waals surface area contributed by atoms with Crippen molar-refractivity contribution in [1.29, 1.82) is 5.26 Å². The molecule has 0 bridgehead atoms. The van der Waals surface area contributed by atoms with Gasteiger partial charge in [-0.3, -0.25) is 4.40 Å². The van der Waals surface area contributed by atoms with Gasteiger partial charge in [-0.05, 0) is 24.3 Å². The third-order valence-electron chi connectivity index (χ3n) is 4.71. The lowest BCUT2D eigenvalue weighted by Gasteiger charge is -2.39. The minimum Gasteiger partial charge on any atom is -0.354 e. The molecule has 6 heteroatoms. The molecule has 0 spiro atoms. The first kappa shape index (κ1) is 13.9. The third-order valence-corrected chi connectivity index (χ3v) is 4.71. The molecule has 0 radical (unpaired) electrons. The summed E-state index contributed by atoms with van der Waals surface area (Å²) in [6, 6.07) is 18.0. The van der Waals surface area contributed by atoms with Crippen molar-refractivity contribution in [3.05, 3.63) is 66.1 Å². The molecule has 4 heterocycles. The summed E-state index contributed by atoms with van der Waals surface area (Å²) in [5.74, 6) is 2.01. The number of hydrogen-bond donors (Lipinski definition) is 0. The predicted molar refractivity (Wildman–Crippen MR) is 94.4 cm³/mol. The molecular weight excluding hydrogens is 312 g/mol. The van der Waals surface area contributed by atoms with Gasteiger partial charge in [-0.2, -0.15) is 5.26 Å². The first-order valence-electron chi connectivity index (χ1n) is 8.18. The van der Waals surface area contributed by atoms with E-state index in [-0.39, 0.29) is 5.92 Å². The highest BCUT2D eigenvalue weighted by molar-refractivity contribution is 5.83. The number of aromatic nitrogens is 4. The molecule has 0 unspecified atom stereocenters. The van der Waals surface area contributed by atoms with E-state index in [2.05, 4.69) is 21.2 Å². The molecule has 4 aromatic rings. The lowest BCUT2D eigenvalue weighted by Crippen LogP contribution is -2.46. The van der Waals surface area contributed by atoms with Crippen molar-refractivity contribution in [3.63, 3.8) is 0 Å². The van der Waals surface area contributed by atoms with E-state index >= 15 is 0 Å².